The molecule has 8 heteroatoms. The number of amides is 1. The third-order valence-corrected chi connectivity index (χ3v) is 4.51. The maximum absolute atomic E-state index is 11.9. The molecule has 0 fully saturated rings. The Balaban J connectivity index is 1.50. The van der Waals surface area contributed by atoms with E-state index in [1.165, 1.54) is 11.8 Å². The lowest BCUT2D eigenvalue weighted by Gasteiger charge is -2.04. The third kappa shape index (κ3) is 5.22. The highest BCUT2D eigenvalue weighted by molar-refractivity contribution is 7.99. The number of aromatic nitrogens is 2. The molecule has 1 aromatic heterocycles. The van der Waals surface area contributed by atoms with Crippen molar-refractivity contribution in [1.82, 2.24) is 15.5 Å². The van der Waals surface area contributed by atoms with Crippen molar-refractivity contribution in [3.05, 3.63) is 64.1 Å². The topological polar surface area (TPSA) is 68.0 Å². The van der Waals surface area contributed by atoms with Crippen LogP contribution < -0.4 is 5.32 Å². The molecular formula is C17H13Cl2N3O2S. The molecule has 5 nitrogen and oxygen atoms in total. The third-order valence-electron chi connectivity index (χ3n) is 3.20. The summed E-state index contributed by atoms with van der Waals surface area (Å²) >= 11 is 12.9. The average Bonchev–Trinajstić information content (AvgIpc) is 3.08. The van der Waals surface area contributed by atoms with Gasteiger partial charge in [0.2, 0.25) is 11.8 Å². The van der Waals surface area contributed by atoms with Gasteiger partial charge in [-0.05, 0) is 42.0 Å². The quantitative estimate of drug-likeness (QED) is 0.626. The minimum atomic E-state index is -0.129. The second-order valence-corrected chi connectivity index (χ2v) is 6.87. The molecule has 0 bridgehead atoms. The number of carbonyl (C=O) groups excluding carboxylic acids is 1. The van der Waals surface area contributed by atoms with Gasteiger partial charge in [0.25, 0.3) is 5.22 Å². The largest absolute Gasteiger partial charge is 0.411 e. The molecule has 0 radical (unpaired) electrons. The average molecular weight is 394 g/mol. The van der Waals surface area contributed by atoms with E-state index < -0.39 is 0 Å². The lowest BCUT2D eigenvalue weighted by atomic mass is 10.2. The maximum Gasteiger partial charge on any atom is 0.277 e. The van der Waals surface area contributed by atoms with Gasteiger partial charge in [0.05, 0.1) is 5.75 Å². The Kier molecular flexibility index (Phi) is 5.96. The summed E-state index contributed by atoms with van der Waals surface area (Å²) in [6, 6.07) is 14.4. The number of hydrogen-bond acceptors (Lipinski definition) is 5. The van der Waals surface area contributed by atoms with Crippen molar-refractivity contribution in [2.24, 2.45) is 0 Å². The zero-order valence-electron chi connectivity index (χ0n) is 12.9. The fourth-order valence-electron chi connectivity index (χ4n) is 2.00. The molecule has 0 atom stereocenters. The number of thioether (sulfide) groups is 1. The monoisotopic (exact) mass is 393 g/mol. The zero-order valence-corrected chi connectivity index (χ0v) is 15.2. The summed E-state index contributed by atoms with van der Waals surface area (Å²) < 4.78 is 5.54. The van der Waals surface area contributed by atoms with Crippen molar-refractivity contribution in [3.8, 4) is 11.5 Å². The van der Waals surface area contributed by atoms with Gasteiger partial charge in [-0.25, -0.2) is 0 Å². The van der Waals surface area contributed by atoms with Crippen LogP contribution >= 0.6 is 35.0 Å². The maximum atomic E-state index is 11.9. The van der Waals surface area contributed by atoms with Crippen molar-refractivity contribution in [2.75, 3.05) is 5.75 Å². The van der Waals surface area contributed by atoms with E-state index in [0.29, 0.717) is 27.7 Å². The Morgan fingerprint density at radius 1 is 1.08 bits per heavy atom. The highest BCUT2D eigenvalue weighted by atomic mass is 35.5. The summed E-state index contributed by atoms with van der Waals surface area (Å²) in [4.78, 5) is 11.9. The van der Waals surface area contributed by atoms with Gasteiger partial charge in [-0.3, -0.25) is 4.79 Å². The van der Waals surface area contributed by atoms with Crippen LogP contribution in [0.15, 0.2) is 58.2 Å². The van der Waals surface area contributed by atoms with Crippen LogP contribution in [0.2, 0.25) is 10.0 Å². The normalized spacial score (nSPS) is 10.6. The first kappa shape index (κ1) is 17.8. The molecule has 3 rings (SSSR count). The Labute approximate surface area is 158 Å². The Hall–Kier alpha value is -2.02. The van der Waals surface area contributed by atoms with Gasteiger partial charge >= 0.3 is 0 Å². The van der Waals surface area contributed by atoms with Crippen LogP contribution in [0.5, 0.6) is 0 Å². The molecule has 0 aliphatic carbocycles. The molecule has 3 aromatic rings. The van der Waals surface area contributed by atoms with Crippen LogP contribution in [0.25, 0.3) is 11.5 Å². The van der Waals surface area contributed by atoms with Gasteiger partial charge in [0.15, 0.2) is 0 Å². The summed E-state index contributed by atoms with van der Waals surface area (Å²) in [6.45, 7) is 0.416. The van der Waals surface area contributed by atoms with E-state index in [2.05, 4.69) is 15.5 Å². The first-order valence-electron chi connectivity index (χ1n) is 7.33. The SMILES string of the molecule is O=C(CSc1nnc(-c2ccc(Cl)cc2)o1)NCc1cccc(Cl)c1. The molecule has 0 unspecified atom stereocenters. The molecule has 25 heavy (non-hydrogen) atoms. The van der Waals surface area contributed by atoms with Gasteiger partial charge in [-0.15, -0.1) is 10.2 Å². The standard InChI is InChI=1S/C17H13Cl2N3O2S/c18-13-6-4-12(5-7-13)16-21-22-17(24-16)25-10-15(23)20-9-11-2-1-3-14(19)8-11/h1-8H,9-10H2,(H,20,23). The molecule has 0 saturated heterocycles. The molecule has 1 N–H and O–H groups in total. The fourth-order valence-corrected chi connectivity index (χ4v) is 2.94. The molecule has 0 spiro atoms. The van der Waals surface area contributed by atoms with Crippen LogP contribution in [0, 0.1) is 0 Å². The summed E-state index contributed by atoms with van der Waals surface area (Å²) in [6.07, 6.45) is 0. The van der Waals surface area contributed by atoms with Crippen LogP contribution in [0.1, 0.15) is 5.56 Å². The number of benzene rings is 2. The van der Waals surface area contributed by atoms with Crippen LogP contribution in [-0.4, -0.2) is 21.9 Å². The number of rotatable bonds is 6. The molecule has 0 aliphatic rings. The highest BCUT2D eigenvalue weighted by Gasteiger charge is 2.11. The van der Waals surface area contributed by atoms with Gasteiger partial charge in [-0.2, -0.15) is 0 Å². The number of hydrogen-bond donors (Lipinski definition) is 1. The van der Waals surface area contributed by atoms with Crippen molar-refractivity contribution in [1.29, 1.82) is 0 Å². The Morgan fingerprint density at radius 2 is 1.88 bits per heavy atom. The second-order valence-electron chi connectivity index (χ2n) is 5.08. The van der Waals surface area contributed by atoms with Crippen molar-refractivity contribution >= 4 is 40.9 Å². The van der Waals surface area contributed by atoms with E-state index in [0.717, 1.165) is 11.1 Å². The second kappa shape index (κ2) is 8.38. The minimum absolute atomic E-state index is 0.129. The summed E-state index contributed by atoms with van der Waals surface area (Å²) in [5.74, 6) is 0.442. The highest BCUT2D eigenvalue weighted by Crippen LogP contribution is 2.24. The van der Waals surface area contributed by atoms with E-state index in [1.54, 1.807) is 30.3 Å². The molecule has 1 heterocycles. The Morgan fingerprint density at radius 3 is 2.64 bits per heavy atom. The molecule has 2 aromatic carbocycles. The van der Waals surface area contributed by atoms with E-state index in [-0.39, 0.29) is 11.7 Å². The Bertz CT molecular complexity index is 868. The number of nitrogens with one attached hydrogen (secondary N) is 1. The number of nitrogens with zero attached hydrogens (tertiary/aromatic N) is 2. The van der Waals surface area contributed by atoms with Crippen LogP contribution in [0.3, 0.4) is 0 Å². The lowest BCUT2D eigenvalue weighted by Crippen LogP contribution is -2.24. The smallest absolute Gasteiger partial charge is 0.277 e. The molecule has 0 saturated carbocycles. The minimum Gasteiger partial charge on any atom is -0.411 e. The van der Waals surface area contributed by atoms with Gasteiger partial charge in [0.1, 0.15) is 0 Å². The summed E-state index contributed by atoms with van der Waals surface area (Å²) in [5.41, 5.74) is 1.71. The zero-order chi connectivity index (χ0) is 17.6. The van der Waals surface area contributed by atoms with Gasteiger partial charge < -0.3 is 9.73 Å². The van der Waals surface area contributed by atoms with Gasteiger partial charge in [0, 0.05) is 22.2 Å². The first-order chi connectivity index (χ1) is 12.1. The van der Waals surface area contributed by atoms with E-state index >= 15 is 0 Å². The first-order valence-corrected chi connectivity index (χ1v) is 9.08. The predicted molar refractivity (Wildman–Crippen MR) is 98.8 cm³/mol. The van der Waals surface area contributed by atoms with E-state index in [4.69, 9.17) is 27.6 Å². The van der Waals surface area contributed by atoms with Crippen LogP contribution in [0.4, 0.5) is 0 Å². The van der Waals surface area contributed by atoms with E-state index in [9.17, 15) is 4.79 Å². The molecule has 128 valence electrons. The van der Waals surface area contributed by atoms with Crippen LogP contribution in [-0.2, 0) is 11.3 Å². The molecular weight excluding hydrogens is 381 g/mol. The predicted octanol–water partition coefficient (Wildman–Crippen LogP) is 4.45. The summed E-state index contributed by atoms with van der Waals surface area (Å²) in [7, 11) is 0. The van der Waals surface area contributed by atoms with Crippen molar-refractivity contribution < 1.29 is 9.21 Å². The summed E-state index contributed by atoms with van der Waals surface area (Å²) in [5, 5.41) is 12.3. The molecule has 0 aliphatic heterocycles. The number of halogens is 2. The number of carbonyl (C=O) groups is 1. The van der Waals surface area contributed by atoms with Gasteiger partial charge in [-0.1, -0.05) is 47.1 Å². The van der Waals surface area contributed by atoms with Crippen molar-refractivity contribution in [3.63, 3.8) is 0 Å². The molecule has 1 amide bonds. The van der Waals surface area contributed by atoms with Crippen molar-refractivity contribution in [2.45, 2.75) is 11.8 Å². The fraction of sp³-hybridized carbons (Fsp3) is 0.118. The lowest BCUT2D eigenvalue weighted by molar-refractivity contribution is -0.118. The van der Waals surface area contributed by atoms with E-state index in [1.807, 2.05) is 18.2 Å².